The number of hydrogen-bond acceptors (Lipinski definition) is 2. The van der Waals surface area contributed by atoms with Crippen LogP contribution < -0.4 is 0 Å². The van der Waals surface area contributed by atoms with E-state index < -0.39 is 0 Å². The predicted molar refractivity (Wildman–Crippen MR) is 104 cm³/mol. The highest BCUT2D eigenvalue weighted by Gasteiger charge is 2.19. The van der Waals surface area contributed by atoms with Gasteiger partial charge in [0.05, 0.1) is 10.5 Å². The molecular weight excluding hydrogens is 378 g/mol. The van der Waals surface area contributed by atoms with Crippen LogP contribution in [-0.2, 0) is 6.42 Å². The molecule has 122 valence electrons. The van der Waals surface area contributed by atoms with Crippen LogP contribution in [0.5, 0.6) is 0 Å². The van der Waals surface area contributed by atoms with E-state index in [1.54, 1.807) is 18.2 Å². The summed E-state index contributed by atoms with van der Waals surface area (Å²) in [6.45, 7) is 0. The zero-order valence-corrected chi connectivity index (χ0v) is 14.9. The summed E-state index contributed by atoms with van der Waals surface area (Å²) in [5, 5.41) is 11.4. The molecule has 3 aromatic rings. The Balaban J connectivity index is 1.73. The van der Waals surface area contributed by atoms with Crippen LogP contribution in [0.4, 0.5) is 5.69 Å². The number of halogens is 1. The van der Waals surface area contributed by atoms with Crippen molar-refractivity contribution in [1.29, 1.82) is 0 Å². The first-order chi connectivity index (χ1) is 12.1. The molecule has 0 aliphatic heterocycles. The molecule has 25 heavy (non-hydrogen) atoms. The molecule has 0 saturated heterocycles. The van der Waals surface area contributed by atoms with Crippen LogP contribution in [0, 0.1) is 10.1 Å². The maximum absolute atomic E-state index is 11.4. The molecule has 0 spiro atoms. The fraction of sp³-hybridized carbons (Fsp3) is 0.0476. The summed E-state index contributed by atoms with van der Waals surface area (Å²) in [7, 11) is 0. The monoisotopic (exact) mass is 391 g/mol. The van der Waals surface area contributed by atoms with E-state index in [0.717, 1.165) is 16.5 Å². The van der Waals surface area contributed by atoms with Crippen LogP contribution in [0.2, 0.25) is 0 Å². The lowest BCUT2D eigenvalue weighted by Gasteiger charge is -2.07. The normalized spacial score (nSPS) is 12.6. The Hall–Kier alpha value is -2.72. The summed E-state index contributed by atoms with van der Waals surface area (Å²) in [4.78, 5) is 11.0. The van der Waals surface area contributed by atoms with Crippen LogP contribution in [0.1, 0.15) is 16.7 Å². The smallest absolute Gasteiger partial charge is 0.258 e. The van der Waals surface area contributed by atoms with Gasteiger partial charge in [-0.2, -0.15) is 0 Å². The molecule has 0 aromatic heterocycles. The van der Waals surface area contributed by atoms with Gasteiger partial charge in [-0.05, 0) is 52.4 Å². The first kappa shape index (κ1) is 15.8. The molecule has 1 aliphatic carbocycles. The number of benzene rings is 3. The second-order valence-corrected chi connectivity index (χ2v) is 6.96. The molecular formula is C21H14BrNO2. The molecule has 3 nitrogen and oxygen atoms in total. The maximum Gasteiger partial charge on any atom is 0.277 e. The van der Waals surface area contributed by atoms with Gasteiger partial charge in [0.25, 0.3) is 5.69 Å². The molecule has 0 radical (unpaired) electrons. The van der Waals surface area contributed by atoms with Gasteiger partial charge in [0.15, 0.2) is 0 Å². The molecule has 4 heteroatoms. The van der Waals surface area contributed by atoms with Gasteiger partial charge < -0.3 is 0 Å². The third-order valence-corrected chi connectivity index (χ3v) is 4.96. The molecule has 4 rings (SSSR count). The largest absolute Gasteiger partial charge is 0.277 e. The molecule has 0 fully saturated rings. The molecule has 0 amide bonds. The van der Waals surface area contributed by atoms with Crippen molar-refractivity contribution in [3.05, 3.63) is 98.0 Å². The Bertz CT molecular complexity index is 1010. The van der Waals surface area contributed by atoms with Gasteiger partial charge in [0, 0.05) is 10.5 Å². The SMILES string of the molecule is O=[N+]([O-])c1ccc(Br)cc1-c1ccc2c(c1)CC(c1ccccc1)=C2. The average molecular weight is 392 g/mol. The van der Waals surface area contributed by atoms with Crippen LogP contribution in [0.15, 0.2) is 71.2 Å². The molecule has 0 unspecified atom stereocenters. The minimum Gasteiger partial charge on any atom is -0.258 e. The molecule has 3 aromatic carbocycles. The van der Waals surface area contributed by atoms with E-state index in [2.05, 4.69) is 40.2 Å². The lowest BCUT2D eigenvalue weighted by Crippen LogP contribution is -1.93. The zero-order chi connectivity index (χ0) is 17.4. The second-order valence-electron chi connectivity index (χ2n) is 6.04. The van der Waals surface area contributed by atoms with Crippen LogP contribution in [0.3, 0.4) is 0 Å². The Kier molecular flexibility index (Phi) is 3.98. The number of nitro groups is 1. The minimum atomic E-state index is -0.331. The van der Waals surface area contributed by atoms with Crippen molar-refractivity contribution in [2.45, 2.75) is 6.42 Å². The molecule has 0 atom stereocenters. The lowest BCUT2D eigenvalue weighted by atomic mass is 9.98. The maximum atomic E-state index is 11.4. The molecule has 0 heterocycles. The topological polar surface area (TPSA) is 43.1 Å². The highest BCUT2D eigenvalue weighted by Crippen LogP contribution is 2.37. The number of nitrogens with zero attached hydrogens (tertiary/aromatic N) is 1. The van der Waals surface area contributed by atoms with E-state index in [0.29, 0.717) is 5.56 Å². The minimum absolute atomic E-state index is 0.123. The second kappa shape index (κ2) is 6.30. The number of rotatable bonds is 3. The van der Waals surface area contributed by atoms with Gasteiger partial charge in [0.2, 0.25) is 0 Å². The van der Waals surface area contributed by atoms with Crippen LogP contribution >= 0.6 is 15.9 Å². The van der Waals surface area contributed by atoms with Gasteiger partial charge >= 0.3 is 0 Å². The van der Waals surface area contributed by atoms with Gasteiger partial charge in [-0.15, -0.1) is 0 Å². The van der Waals surface area contributed by atoms with Crippen molar-refractivity contribution in [3.63, 3.8) is 0 Å². The number of hydrogen-bond donors (Lipinski definition) is 0. The molecule has 0 N–H and O–H groups in total. The van der Waals surface area contributed by atoms with Gasteiger partial charge in [-0.3, -0.25) is 10.1 Å². The Morgan fingerprint density at radius 2 is 1.72 bits per heavy atom. The average Bonchev–Trinajstić information content (AvgIpc) is 3.05. The molecule has 0 saturated carbocycles. The van der Waals surface area contributed by atoms with Crippen molar-refractivity contribution in [3.8, 4) is 11.1 Å². The fourth-order valence-electron chi connectivity index (χ4n) is 3.25. The van der Waals surface area contributed by atoms with Crippen LogP contribution in [-0.4, -0.2) is 4.92 Å². The number of allylic oxidation sites excluding steroid dienone is 1. The fourth-order valence-corrected chi connectivity index (χ4v) is 3.61. The summed E-state index contributed by atoms with van der Waals surface area (Å²) in [6, 6.07) is 21.4. The van der Waals surface area contributed by atoms with Crippen molar-refractivity contribution >= 4 is 33.3 Å². The predicted octanol–water partition coefficient (Wildman–Crippen LogP) is 6.12. The van der Waals surface area contributed by atoms with E-state index in [4.69, 9.17) is 0 Å². The third-order valence-electron chi connectivity index (χ3n) is 4.46. The van der Waals surface area contributed by atoms with E-state index in [-0.39, 0.29) is 10.6 Å². The lowest BCUT2D eigenvalue weighted by molar-refractivity contribution is -0.384. The Morgan fingerprint density at radius 1 is 0.920 bits per heavy atom. The number of fused-ring (bicyclic) bond motifs is 1. The van der Waals surface area contributed by atoms with E-state index in [1.807, 2.05) is 30.3 Å². The molecule has 1 aliphatic rings. The van der Waals surface area contributed by atoms with Crippen molar-refractivity contribution in [1.82, 2.24) is 0 Å². The van der Waals surface area contributed by atoms with E-state index in [9.17, 15) is 10.1 Å². The molecule has 0 bridgehead atoms. The summed E-state index contributed by atoms with van der Waals surface area (Å²) in [5.41, 5.74) is 6.50. The van der Waals surface area contributed by atoms with Crippen LogP contribution in [0.25, 0.3) is 22.8 Å². The first-order valence-corrected chi connectivity index (χ1v) is 8.74. The van der Waals surface area contributed by atoms with E-state index in [1.165, 1.54) is 22.3 Å². The first-order valence-electron chi connectivity index (χ1n) is 7.95. The van der Waals surface area contributed by atoms with Gasteiger partial charge in [-0.1, -0.05) is 64.5 Å². The quantitative estimate of drug-likeness (QED) is 0.398. The highest BCUT2D eigenvalue weighted by atomic mass is 79.9. The van der Waals surface area contributed by atoms with Crippen molar-refractivity contribution < 1.29 is 4.92 Å². The summed E-state index contributed by atoms with van der Waals surface area (Å²) >= 11 is 3.41. The Labute approximate surface area is 153 Å². The van der Waals surface area contributed by atoms with E-state index >= 15 is 0 Å². The summed E-state index contributed by atoms with van der Waals surface area (Å²) in [6.07, 6.45) is 3.04. The third kappa shape index (κ3) is 3.01. The summed E-state index contributed by atoms with van der Waals surface area (Å²) in [5.74, 6) is 0. The highest BCUT2D eigenvalue weighted by molar-refractivity contribution is 9.10. The van der Waals surface area contributed by atoms with Crippen molar-refractivity contribution in [2.24, 2.45) is 0 Å². The zero-order valence-electron chi connectivity index (χ0n) is 13.3. The van der Waals surface area contributed by atoms with Gasteiger partial charge in [-0.25, -0.2) is 0 Å². The van der Waals surface area contributed by atoms with Crippen molar-refractivity contribution in [2.75, 3.05) is 0 Å². The Morgan fingerprint density at radius 3 is 2.48 bits per heavy atom. The van der Waals surface area contributed by atoms with Gasteiger partial charge in [0.1, 0.15) is 0 Å². The standard InChI is InChI=1S/C21H14BrNO2/c22-19-8-9-21(23(24)25)20(13-19)16-7-6-15-10-17(12-18(15)11-16)14-4-2-1-3-5-14/h1-11,13H,12H2. The number of nitro benzene ring substituents is 1. The summed E-state index contributed by atoms with van der Waals surface area (Å²) < 4.78 is 0.830.